The van der Waals surface area contributed by atoms with E-state index in [0.717, 1.165) is 31.0 Å². The Kier molecular flexibility index (Phi) is 3.07. The molecule has 3 aliphatic carbocycles. The second-order valence-electron chi connectivity index (χ2n) is 11.4. The second-order valence-corrected chi connectivity index (χ2v) is 11.4. The van der Waals surface area contributed by atoms with Crippen molar-refractivity contribution < 1.29 is 4.79 Å². The number of aromatic nitrogens is 2. The van der Waals surface area contributed by atoms with Crippen LogP contribution in [-0.2, 0) is 17.8 Å². The van der Waals surface area contributed by atoms with Gasteiger partial charge in [-0.05, 0) is 60.7 Å². The standard InChI is InChI=1S/C22H33N3O/c1-13-18-16(7-15-19(18)21(15,4)5)25(23-13)10-17(26)24-12-22(6)9-14(24)8-20(2,3)11-22/h14-15,19H,7-12H2,1-6H3/t14-,15+,19+,22+/m0/s1. The molecule has 0 radical (unpaired) electrons. The molecule has 26 heavy (non-hydrogen) atoms. The van der Waals surface area contributed by atoms with Crippen LogP contribution in [0.3, 0.4) is 0 Å². The number of hydrogen-bond donors (Lipinski definition) is 0. The van der Waals surface area contributed by atoms with E-state index in [9.17, 15) is 4.79 Å². The van der Waals surface area contributed by atoms with E-state index in [1.165, 1.54) is 24.1 Å². The Hall–Kier alpha value is -1.32. The molecule has 5 rings (SSSR count). The summed E-state index contributed by atoms with van der Waals surface area (Å²) in [7, 11) is 0. The molecule has 4 aliphatic rings. The van der Waals surface area contributed by atoms with Crippen LogP contribution in [0.4, 0.5) is 0 Å². The fourth-order valence-corrected chi connectivity index (χ4v) is 7.27. The highest BCUT2D eigenvalue weighted by Crippen LogP contribution is 2.70. The lowest BCUT2D eigenvalue weighted by molar-refractivity contribution is -0.133. The van der Waals surface area contributed by atoms with Crippen LogP contribution in [0, 0.1) is 29.1 Å². The van der Waals surface area contributed by atoms with Crippen LogP contribution in [0.15, 0.2) is 0 Å². The topological polar surface area (TPSA) is 38.1 Å². The molecule has 1 aliphatic heterocycles. The molecule has 1 aromatic heterocycles. The van der Waals surface area contributed by atoms with Gasteiger partial charge in [0, 0.05) is 23.8 Å². The Morgan fingerprint density at radius 1 is 1.19 bits per heavy atom. The van der Waals surface area contributed by atoms with Crippen LogP contribution in [-0.4, -0.2) is 33.2 Å². The van der Waals surface area contributed by atoms with Crippen molar-refractivity contribution in [1.82, 2.24) is 14.7 Å². The van der Waals surface area contributed by atoms with Crippen molar-refractivity contribution in [2.75, 3.05) is 6.54 Å². The number of hydrogen-bond acceptors (Lipinski definition) is 2. The van der Waals surface area contributed by atoms with Gasteiger partial charge in [-0.25, -0.2) is 0 Å². The van der Waals surface area contributed by atoms with Crippen LogP contribution in [0.2, 0.25) is 0 Å². The lowest BCUT2D eigenvalue weighted by atomic mass is 9.65. The van der Waals surface area contributed by atoms with Gasteiger partial charge < -0.3 is 4.90 Å². The van der Waals surface area contributed by atoms with E-state index in [4.69, 9.17) is 5.10 Å². The first kappa shape index (κ1) is 16.8. The quantitative estimate of drug-likeness (QED) is 0.806. The lowest BCUT2D eigenvalue weighted by Crippen LogP contribution is -2.39. The average molecular weight is 356 g/mol. The third-order valence-electron chi connectivity index (χ3n) is 8.08. The highest BCUT2D eigenvalue weighted by Gasteiger charge is 2.63. The molecule has 0 aromatic carbocycles. The third kappa shape index (κ3) is 2.20. The van der Waals surface area contributed by atoms with E-state index in [0.29, 0.717) is 34.7 Å². The number of aryl methyl sites for hydroxylation is 1. The van der Waals surface area contributed by atoms with Gasteiger partial charge in [0.1, 0.15) is 6.54 Å². The molecule has 2 bridgehead atoms. The number of rotatable bonds is 2. The van der Waals surface area contributed by atoms with Gasteiger partial charge in [0.25, 0.3) is 0 Å². The fraction of sp³-hybridized carbons (Fsp3) is 0.818. The second kappa shape index (κ2) is 4.74. The minimum absolute atomic E-state index is 0.279. The van der Waals surface area contributed by atoms with Gasteiger partial charge in [0.05, 0.1) is 5.69 Å². The summed E-state index contributed by atoms with van der Waals surface area (Å²) in [6, 6.07) is 0.424. The Bertz CT molecular complexity index is 805. The van der Waals surface area contributed by atoms with Gasteiger partial charge in [0.15, 0.2) is 0 Å². The van der Waals surface area contributed by atoms with Crippen molar-refractivity contribution >= 4 is 5.91 Å². The number of amides is 1. The normalized spacial score (nSPS) is 38.2. The number of nitrogens with zero attached hydrogens (tertiary/aromatic N) is 3. The minimum Gasteiger partial charge on any atom is -0.338 e. The van der Waals surface area contributed by atoms with E-state index in [1.54, 1.807) is 0 Å². The Balaban J connectivity index is 1.37. The molecule has 2 saturated carbocycles. The van der Waals surface area contributed by atoms with Crippen molar-refractivity contribution in [3.63, 3.8) is 0 Å². The van der Waals surface area contributed by atoms with Gasteiger partial charge in [-0.1, -0.05) is 34.6 Å². The van der Waals surface area contributed by atoms with Crippen molar-refractivity contribution in [3.05, 3.63) is 17.0 Å². The van der Waals surface area contributed by atoms with Crippen molar-refractivity contribution in [1.29, 1.82) is 0 Å². The number of carbonyl (C=O) groups excluding carboxylic acids is 1. The molecular formula is C22H33N3O. The van der Waals surface area contributed by atoms with Crippen molar-refractivity contribution in [2.24, 2.45) is 22.2 Å². The van der Waals surface area contributed by atoms with Crippen molar-refractivity contribution in [3.8, 4) is 0 Å². The summed E-state index contributed by atoms with van der Waals surface area (Å²) < 4.78 is 2.05. The smallest absolute Gasteiger partial charge is 0.244 e. The van der Waals surface area contributed by atoms with E-state index in [-0.39, 0.29) is 5.91 Å². The molecule has 3 fully saturated rings. The van der Waals surface area contributed by atoms with E-state index in [2.05, 4.69) is 46.4 Å². The average Bonchev–Trinajstić information content (AvgIpc) is 2.87. The molecule has 0 spiro atoms. The monoisotopic (exact) mass is 355 g/mol. The van der Waals surface area contributed by atoms with E-state index in [1.807, 2.05) is 4.68 Å². The molecule has 4 nitrogen and oxygen atoms in total. The Morgan fingerprint density at radius 2 is 1.92 bits per heavy atom. The molecule has 142 valence electrons. The molecule has 1 amide bonds. The van der Waals surface area contributed by atoms with Gasteiger partial charge in [0.2, 0.25) is 5.91 Å². The zero-order valence-corrected chi connectivity index (χ0v) is 17.2. The first-order chi connectivity index (χ1) is 12.0. The van der Waals surface area contributed by atoms with Gasteiger partial charge in [-0.2, -0.15) is 5.10 Å². The van der Waals surface area contributed by atoms with Crippen LogP contribution in [0.25, 0.3) is 0 Å². The van der Waals surface area contributed by atoms with Crippen LogP contribution < -0.4 is 0 Å². The van der Waals surface area contributed by atoms with Crippen molar-refractivity contribution in [2.45, 2.75) is 85.7 Å². The van der Waals surface area contributed by atoms with Crippen LogP contribution in [0.5, 0.6) is 0 Å². The SMILES string of the molecule is Cc1nn(CC(=O)N2C[C@]3(C)C[C@@H]2CC(C)(C)C3)c2c1[C@H]1[C@@H](C2)C1(C)C. The van der Waals surface area contributed by atoms with E-state index < -0.39 is 0 Å². The molecule has 4 heteroatoms. The van der Waals surface area contributed by atoms with E-state index >= 15 is 0 Å². The Morgan fingerprint density at radius 3 is 2.65 bits per heavy atom. The molecular weight excluding hydrogens is 322 g/mol. The molecule has 1 saturated heterocycles. The summed E-state index contributed by atoms with van der Waals surface area (Å²) in [5.74, 6) is 1.72. The summed E-state index contributed by atoms with van der Waals surface area (Å²) >= 11 is 0. The number of likely N-dealkylation sites (tertiary alicyclic amines) is 1. The lowest BCUT2D eigenvalue weighted by Gasteiger charge is -2.39. The number of fused-ring (bicyclic) bond motifs is 5. The largest absolute Gasteiger partial charge is 0.338 e. The summed E-state index contributed by atoms with van der Waals surface area (Å²) in [6.07, 6.45) is 4.66. The fourth-order valence-electron chi connectivity index (χ4n) is 7.27. The molecule has 4 atom stereocenters. The highest BCUT2D eigenvalue weighted by atomic mass is 16.2. The predicted octanol–water partition coefficient (Wildman–Crippen LogP) is 3.91. The van der Waals surface area contributed by atoms with Crippen LogP contribution >= 0.6 is 0 Å². The zero-order valence-electron chi connectivity index (χ0n) is 17.2. The van der Waals surface area contributed by atoms with Gasteiger partial charge >= 0.3 is 0 Å². The molecule has 0 N–H and O–H groups in total. The maximum absolute atomic E-state index is 13.2. The minimum atomic E-state index is 0.279. The van der Waals surface area contributed by atoms with Gasteiger partial charge in [-0.3, -0.25) is 9.48 Å². The third-order valence-corrected chi connectivity index (χ3v) is 8.08. The number of carbonyl (C=O) groups is 1. The summed E-state index contributed by atoms with van der Waals surface area (Å²) in [6.45, 7) is 15.3. The molecule has 0 unspecified atom stereocenters. The maximum atomic E-state index is 13.2. The van der Waals surface area contributed by atoms with Crippen LogP contribution in [0.1, 0.15) is 76.8 Å². The maximum Gasteiger partial charge on any atom is 0.244 e. The summed E-state index contributed by atoms with van der Waals surface area (Å²) in [4.78, 5) is 15.4. The predicted molar refractivity (Wildman–Crippen MR) is 102 cm³/mol. The molecule has 2 heterocycles. The first-order valence-corrected chi connectivity index (χ1v) is 10.4. The first-order valence-electron chi connectivity index (χ1n) is 10.4. The summed E-state index contributed by atoms with van der Waals surface area (Å²) in [5, 5.41) is 4.79. The zero-order chi connectivity index (χ0) is 18.6. The molecule has 1 aromatic rings. The highest BCUT2D eigenvalue weighted by molar-refractivity contribution is 5.77. The summed E-state index contributed by atoms with van der Waals surface area (Å²) in [5.41, 5.74) is 5.04. The Labute approximate surface area is 157 Å². The van der Waals surface area contributed by atoms with Gasteiger partial charge in [-0.15, -0.1) is 0 Å².